The summed E-state index contributed by atoms with van der Waals surface area (Å²) < 4.78 is 41.5. The van der Waals surface area contributed by atoms with Gasteiger partial charge in [-0.15, -0.1) is 0 Å². The number of carbonyl (C=O) groups is 1. The number of rotatable bonds is 7. The average molecular weight is 557 g/mol. The van der Waals surface area contributed by atoms with Gasteiger partial charge in [0.25, 0.3) is 5.56 Å². The Morgan fingerprint density at radius 2 is 1.80 bits per heavy atom. The minimum atomic E-state index is -0.635. The highest BCUT2D eigenvalue weighted by Gasteiger charge is 2.21. The van der Waals surface area contributed by atoms with Crippen molar-refractivity contribution in [1.82, 2.24) is 14.8 Å². The highest BCUT2D eigenvalue weighted by Crippen LogP contribution is 2.37. The number of ketones is 1. The Hall–Kier alpha value is -4.83. The Morgan fingerprint density at radius 1 is 1.02 bits per heavy atom. The molecular weight excluding hydrogens is 530 g/mol. The van der Waals surface area contributed by atoms with E-state index in [0.29, 0.717) is 48.9 Å². The monoisotopic (exact) mass is 556 g/mol. The number of hydrogen-bond acceptors (Lipinski definition) is 6. The molecule has 6 rings (SSSR count). The lowest BCUT2D eigenvalue weighted by Crippen LogP contribution is -2.36. The van der Waals surface area contributed by atoms with Crippen LogP contribution in [0.1, 0.15) is 21.5 Å². The lowest BCUT2D eigenvalue weighted by molar-refractivity contribution is 0.0990. The molecule has 10 heteroatoms. The quantitative estimate of drug-likeness (QED) is 0.272. The molecule has 0 unspecified atom stereocenters. The number of aryl methyl sites for hydroxylation is 1. The van der Waals surface area contributed by atoms with E-state index in [1.165, 1.54) is 41.0 Å². The van der Waals surface area contributed by atoms with E-state index >= 15 is 4.39 Å². The number of halogens is 2. The van der Waals surface area contributed by atoms with Gasteiger partial charge in [-0.2, -0.15) is 5.10 Å². The molecule has 0 atom stereocenters. The second-order valence-electron chi connectivity index (χ2n) is 9.87. The standard InChI is InChI=1S/C31H26F2N4O4/c1-19-8-9-37(23-5-3-22(32)4-6-23)31(39)30(19)27(38)15-20-2-7-28(24(33)14-20)41-29-16-21-18-34-35-25(21)17-26(29)36-10-12-40-13-11-36/h2-9,14,16-18H,10-13,15H2,1H3,(H,34,35). The van der Waals surface area contributed by atoms with Crippen molar-refractivity contribution in [3.8, 4) is 17.2 Å². The molecule has 5 aromatic rings. The molecule has 0 radical (unpaired) electrons. The smallest absolute Gasteiger partial charge is 0.266 e. The largest absolute Gasteiger partial charge is 0.452 e. The van der Waals surface area contributed by atoms with Gasteiger partial charge < -0.3 is 14.4 Å². The molecule has 0 bridgehead atoms. The summed E-state index contributed by atoms with van der Waals surface area (Å²) >= 11 is 0. The predicted molar refractivity (Wildman–Crippen MR) is 150 cm³/mol. The first-order valence-electron chi connectivity index (χ1n) is 13.1. The third kappa shape index (κ3) is 5.33. The van der Waals surface area contributed by atoms with Gasteiger partial charge in [0.05, 0.1) is 36.2 Å². The van der Waals surface area contributed by atoms with Gasteiger partial charge in [0, 0.05) is 36.8 Å². The molecule has 0 amide bonds. The number of H-pyrrole nitrogens is 1. The molecule has 2 aromatic heterocycles. The zero-order valence-electron chi connectivity index (χ0n) is 22.2. The fraction of sp³-hybridized carbons (Fsp3) is 0.194. The van der Waals surface area contributed by atoms with Crippen LogP contribution in [0.25, 0.3) is 16.6 Å². The first kappa shape index (κ1) is 26.4. The van der Waals surface area contributed by atoms with Crippen LogP contribution in [-0.4, -0.2) is 46.9 Å². The van der Waals surface area contributed by atoms with Crippen LogP contribution in [0.2, 0.25) is 0 Å². The van der Waals surface area contributed by atoms with E-state index in [1.807, 2.05) is 12.1 Å². The summed E-state index contributed by atoms with van der Waals surface area (Å²) in [5, 5.41) is 7.87. The molecule has 1 saturated heterocycles. The fourth-order valence-electron chi connectivity index (χ4n) is 4.99. The van der Waals surface area contributed by atoms with Crippen molar-refractivity contribution in [1.29, 1.82) is 0 Å². The van der Waals surface area contributed by atoms with Crippen molar-refractivity contribution in [2.24, 2.45) is 0 Å². The zero-order chi connectivity index (χ0) is 28.5. The van der Waals surface area contributed by atoms with E-state index in [4.69, 9.17) is 9.47 Å². The molecule has 0 spiro atoms. The molecular formula is C31H26F2N4O4. The Morgan fingerprint density at radius 3 is 2.56 bits per heavy atom. The predicted octanol–water partition coefficient (Wildman–Crippen LogP) is 5.35. The number of aromatic amines is 1. The van der Waals surface area contributed by atoms with Crippen LogP contribution in [0.5, 0.6) is 11.5 Å². The molecule has 1 aliphatic rings. The van der Waals surface area contributed by atoms with Gasteiger partial charge in [0.15, 0.2) is 23.1 Å². The van der Waals surface area contributed by atoms with E-state index in [2.05, 4.69) is 15.1 Å². The van der Waals surface area contributed by atoms with Gasteiger partial charge in [0.1, 0.15) is 5.82 Å². The van der Waals surface area contributed by atoms with Crippen LogP contribution >= 0.6 is 0 Å². The molecule has 1 aliphatic heterocycles. The second kappa shape index (κ2) is 11.0. The van der Waals surface area contributed by atoms with Crippen molar-refractivity contribution in [3.05, 3.63) is 112 Å². The number of morpholine rings is 1. The van der Waals surface area contributed by atoms with Crippen LogP contribution in [-0.2, 0) is 11.2 Å². The number of Topliss-reactive ketones (excluding diaryl/α,β-unsaturated/α-hetero) is 1. The number of aromatic nitrogens is 3. The summed E-state index contributed by atoms with van der Waals surface area (Å²) in [6.07, 6.45) is 3.03. The number of fused-ring (bicyclic) bond motifs is 1. The van der Waals surface area contributed by atoms with Crippen molar-refractivity contribution in [2.45, 2.75) is 13.3 Å². The number of anilines is 1. The molecule has 0 saturated carbocycles. The number of carbonyl (C=O) groups excluding carboxylic acids is 1. The van der Waals surface area contributed by atoms with Crippen molar-refractivity contribution < 1.29 is 23.0 Å². The van der Waals surface area contributed by atoms with Crippen molar-refractivity contribution >= 4 is 22.4 Å². The molecule has 1 fully saturated rings. The van der Waals surface area contributed by atoms with Gasteiger partial charge in [0.2, 0.25) is 0 Å². The number of nitrogens with zero attached hydrogens (tertiary/aromatic N) is 3. The Bertz CT molecular complexity index is 1810. The molecule has 8 nitrogen and oxygen atoms in total. The SMILES string of the molecule is Cc1ccn(-c2ccc(F)cc2)c(=O)c1C(=O)Cc1ccc(Oc2cc3cn[nH]c3cc2N2CCOCC2)c(F)c1. The normalized spacial score (nSPS) is 13.5. The molecule has 3 aromatic carbocycles. The lowest BCUT2D eigenvalue weighted by Gasteiger charge is -2.30. The summed E-state index contributed by atoms with van der Waals surface area (Å²) in [7, 11) is 0. The zero-order valence-corrected chi connectivity index (χ0v) is 22.2. The van der Waals surface area contributed by atoms with Gasteiger partial charge in [-0.3, -0.25) is 19.3 Å². The van der Waals surface area contributed by atoms with Crippen LogP contribution in [0.3, 0.4) is 0 Å². The molecule has 0 aliphatic carbocycles. The van der Waals surface area contributed by atoms with Crippen LogP contribution in [0.15, 0.2) is 77.9 Å². The molecule has 3 heterocycles. The fourth-order valence-corrected chi connectivity index (χ4v) is 4.99. The van der Waals surface area contributed by atoms with Crippen molar-refractivity contribution in [2.75, 3.05) is 31.2 Å². The third-order valence-corrected chi connectivity index (χ3v) is 7.14. The van der Waals surface area contributed by atoms with E-state index in [1.54, 1.807) is 31.5 Å². The van der Waals surface area contributed by atoms with Gasteiger partial charge in [-0.05, 0) is 72.6 Å². The summed E-state index contributed by atoms with van der Waals surface area (Å²) in [5.74, 6) is -1.03. The Labute approximate surface area is 233 Å². The lowest BCUT2D eigenvalue weighted by atomic mass is 10.0. The topological polar surface area (TPSA) is 89.4 Å². The highest BCUT2D eigenvalue weighted by atomic mass is 19.1. The first-order chi connectivity index (χ1) is 19.9. The number of nitrogens with one attached hydrogen (secondary N) is 1. The summed E-state index contributed by atoms with van der Waals surface area (Å²) in [5.41, 5.74) is 2.44. The van der Waals surface area contributed by atoms with Gasteiger partial charge >= 0.3 is 0 Å². The van der Waals surface area contributed by atoms with Gasteiger partial charge in [-0.25, -0.2) is 8.78 Å². The third-order valence-electron chi connectivity index (χ3n) is 7.14. The van der Waals surface area contributed by atoms with Crippen LogP contribution < -0.4 is 15.2 Å². The Balaban J connectivity index is 1.25. The minimum Gasteiger partial charge on any atom is -0.452 e. The van der Waals surface area contributed by atoms with Gasteiger partial charge in [-0.1, -0.05) is 6.07 Å². The number of hydrogen-bond donors (Lipinski definition) is 1. The molecule has 1 N–H and O–H groups in total. The maximum atomic E-state index is 15.3. The maximum absolute atomic E-state index is 15.3. The van der Waals surface area contributed by atoms with E-state index in [0.717, 1.165) is 16.6 Å². The first-order valence-corrected chi connectivity index (χ1v) is 13.1. The summed E-state index contributed by atoms with van der Waals surface area (Å²) in [6, 6.07) is 15.1. The van der Waals surface area contributed by atoms with E-state index < -0.39 is 23.0 Å². The summed E-state index contributed by atoms with van der Waals surface area (Å²) in [4.78, 5) is 28.6. The summed E-state index contributed by atoms with van der Waals surface area (Å²) in [6.45, 7) is 4.16. The highest BCUT2D eigenvalue weighted by molar-refractivity contribution is 5.98. The van der Waals surface area contributed by atoms with E-state index in [9.17, 15) is 14.0 Å². The average Bonchev–Trinajstić information content (AvgIpc) is 3.43. The van der Waals surface area contributed by atoms with E-state index in [-0.39, 0.29) is 17.7 Å². The molecule has 208 valence electrons. The van der Waals surface area contributed by atoms with Crippen molar-refractivity contribution in [3.63, 3.8) is 0 Å². The van der Waals surface area contributed by atoms with Crippen LogP contribution in [0.4, 0.5) is 14.5 Å². The Kier molecular flexibility index (Phi) is 7.07. The second-order valence-corrected chi connectivity index (χ2v) is 9.87. The number of ether oxygens (including phenoxy) is 2. The number of benzene rings is 3. The minimum absolute atomic E-state index is 0.00104. The maximum Gasteiger partial charge on any atom is 0.266 e. The molecule has 41 heavy (non-hydrogen) atoms. The van der Waals surface area contributed by atoms with Crippen LogP contribution in [0, 0.1) is 18.6 Å². The number of pyridine rings is 1.